The number of hydrogen-bond acceptors (Lipinski definition) is 3. The van der Waals surface area contributed by atoms with Crippen molar-refractivity contribution in [1.82, 2.24) is 5.32 Å². The standard InChI is InChI=1S/C12H14ClNO2S/c1-2-6-17-7-5-14-12(16)10-8-9(13)3-4-11(10)15/h2-4,8,15H,1,5-7H2,(H,14,16). The Kier molecular flexibility index (Phi) is 5.94. The Balaban J connectivity index is 2.46. The van der Waals surface area contributed by atoms with E-state index in [1.807, 2.05) is 6.08 Å². The molecule has 0 radical (unpaired) electrons. The number of aromatic hydroxyl groups is 1. The first-order valence-electron chi connectivity index (χ1n) is 5.10. The van der Waals surface area contributed by atoms with Crippen molar-refractivity contribution in [2.75, 3.05) is 18.1 Å². The Morgan fingerprint density at radius 3 is 3.06 bits per heavy atom. The van der Waals surface area contributed by atoms with E-state index < -0.39 is 0 Å². The second-order valence-electron chi connectivity index (χ2n) is 3.28. The molecule has 0 aliphatic rings. The molecule has 3 nitrogen and oxygen atoms in total. The molecule has 0 aliphatic heterocycles. The molecule has 0 fully saturated rings. The Bertz CT molecular complexity index is 409. The van der Waals surface area contributed by atoms with Gasteiger partial charge < -0.3 is 10.4 Å². The van der Waals surface area contributed by atoms with Gasteiger partial charge >= 0.3 is 0 Å². The van der Waals surface area contributed by atoms with Crippen LogP contribution in [0.2, 0.25) is 5.02 Å². The average Bonchev–Trinajstić information content (AvgIpc) is 2.32. The minimum atomic E-state index is -0.316. The zero-order chi connectivity index (χ0) is 12.7. The van der Waals surface area contributed by atoms with E-state index in [9.17, 15) is 9.90 Å². The van der Waals surface area contributed by atoms with Crippen molar-refractivity contribution in [3.63, 3.8) is 0 Å². The fourth-order valence-corrected chi connectivity index (χ4v) is 1.94. The molecular weight excluding hydrogens is 258 g/mol. The minimum Gasteiger partial charge on any atom is -0.507 e. The molecular formula is C12H14ClNO2S. The maximum Gasteiger partial charge on any atom is 0.255 e. The minimum absolute atomic E-state index is 0.0642. The molecule has 2 N–H and O–H groups in total. The van der Waals surface area contributed by atoms with Crippen LogP contribution in [0.1, 0.15) is 10.4 Å². The van der Waals surface area contributed by atoms with Gasteiger partial charge in [-0.1, -0.05) is 17.7 Å². The first kappa shape index (κ1) is 13.9. The first-order chi connectivity index (χ1) is 8.15. The molecule has 0 unspecified atom stereocenters. The van der Waals surface area contributed by atoms with Gasteiger partial charge in [0.1, 0.15) is 5.75 Å². The normalized spacial score (nSPS) is 9.94. The molecule has 1 rings (SSSR count). The third kappa shape index (κ3) is 4.71. The van der Waals surface area contributed by atoms with Crippen molar-refractivity contribution in [1.29, 1.82) is 0 Å². The SMILES string of the molecule is C=CCSCCNC(=O)c1cc(Cl)ccc1O. The molecule has 0 saturated carbocycles. The Hall–Kier alpha value is -1.13. The van der Waals surface area contributed by atoms with Gasteiger partial charge in [0, 0.05) is 23.1 Å². The lowest BCUT2D eigenvalue weighted by Crippen LogP contribution is -2.25. The van der Waals surface area contributed by atoms with E-state index in [1.54, 1.807) is 11.8 Å². The smallest absolute Gasteiger partial charge is 0.255 e. The van der Waals surface area contributed by atoms with Crippen molar-refractivity contribution in [3.8, 4) is 5.75 Å². The number of phenolic OH excluding ortho intramolecular Hbond substituents is 1. The van der Waals surface area contributed by atoms with Crippen LogP contribution in [0.3, 0.4) is 0 Å². The largest absolute Gasteiger partial charge is 0.507 e. The molecule has 1 aromatic carbocycles. The highest BCUT2D eigenvalue weighted by Gasteiger charge is 2.10. The van der Waals surface area contributed by atoms with Crippen molar-refractivity contribution < 1.29 is 9.90 Å². The quantitative estimate of drug-likeness (QED) is 0.618. The van der Waals surface area contributed by atoms with E-state index in [2.05, 4.69) is 11.9 Å². The monoisotopic (exact) mass is 271 g/mol. The molecule has 0 aliphatic carbocycles. The van der Waals surface area contributed by atoms with Crippen molar-refractivity contribution in [3.05, 3.63) is 41.4 Å². The third-order valence-electron chi connectivity index (χ3n) is 1.97. The highest BCUT2D eigenvalue weighted by Crippen LogP contribution is 2.21. The summed E-state index contributed by atoms with van der Waals surface area (Å²) in [6, 6.07) is 4.39. The second kappa shape index (κ2) is 7.25. The number of hydrogen-bond donors (Lipinski definition) is 2. The molecule has 0 spiro atoms. The summed E-state index contributed by atoms with van der Waals surface area (Å²) in [6.07, 6.45) is 1.81. The number of phenols is 1. The van der Waals surface area contributed by atoms with E-state index in [4.69, 9.17) is 11.6 Å². The summed E-state index contributed by atoms with van der Waals surface area (Å²) in [5.41, 5.74) is 0.200. The number of halogens is 1. The maximum absolute atomic E-state index is 11.7. The number of carbonyl (C=O) groups excluding carboxylic acids is 1. The lowest BCUT2D eigenvalue weighted by Gasteiger charge is -2.06. The molecule has 0 bridgehead atoms. The fourth-order valence-electron chi connectivity index (χ4n) is 1.19. The van der Waals surface area contributed by atoms with E-state index >= 15 is 0 Å². The predicted octanol–water partition coefficient (Wildman–Crippen LogP) is 2.69. The summed E-state index contributed by atoms with van der Waals surface area (Å²) >= 11 is 7.43. The predicted molar refractivity (Wildman–Crippen MR) is 73.0 cm³/mol. The van der Waals surface area contributed by atoms with Crippen molar-refractivity contribution in [2.45, 2.75) is 0 Å². The van der Waals surface area contributed by atoms with Crippen LogP contribution in [-0.4, -0.2) is 29.1 Å². The molecule has 92 valence electrons. The van der Waals surface area contributed by atoms with Gasteiger partial charge in [0.15, 0.2) is 0 Å². The molecule has 0 atom stereocenters. The zero-order valence-corrected chi connectivity index (χ0v) is 10.9. The van der Waals surface area contributed by atoms with Gasteiger partial charge in [0.2, 0.25) is 0 Å². The number of benzene rings is 1. The number of rotatable bonds is 6. The van der Waals surface area contributed by atoms with Crippen molar-refractivity contribution in [2.24, 2.45) is 0 Å². The Labute approximate surface area is 110 Å². The summed E-state index contributed by atoms with van der Waals surface area (Å²) < 4.78 is 0. The van der Waals surface area contributed by atoms with Gasteiger partial charge in [-0.2, -0.15) is 11.8 Å². The lowest BCUT2D eigenvalue weighted by atomic mass is 10.2. The molecule has 0 heterocycles. The van der Waals surface area contributed by atoms with Gasteiger partial charge in [-0.25, -0.2) is 0 Å². The average molecular weight is 272 g/mol. The van der Waals surface area contributed by atoms with Crippen LogP contribution >= 0.6 is 23.4 Å². The van der Waals surface area contributed by atoms with Gasteiger partial charge in [-0.05, 0) is 18.2 Å². The van der Waals surface area contributed by atoms with Crippen molar-refractivity contribution >= 4 is 29.3 Å². The van der Waals surface area contributed by atoms with Gasteiger partial charge in [-0.15, -0.1) is 6.58 Å². The molecule has 1 aromatic rings. The number of nitrogens with one attached hydrogen (secondary N) is 1. The molecule has 5 heteroatoms. The van der Waals surface area contributed by atoms with Crippen LogP contribution in [0.5, 0.6) is 5.75 Å². The van der Waals surface area contributed by atoms with E-state index in [0.29, 0.717) is 11.6 Å². The Morgan fingerprint density at radius 2 is 2.35 bits per heavy atom. The summed E-state index contributed by atoms with van der Waals surface area (Å²) in [4.78, 5) is 11.7. The van der Waals surface area contributed by atoms with Crippen LogP contribution < -0.4 is 5.32 Å². The van der Waals surface area contributed by atoms with Crippen LogP contribution in [0.15, 0.2) is 30.9 Å². The maximum atomic E-state index is 11.7. The highest BCUT2D eigenvalue weighted by atomic mass is 35.5. The van der Waals surface area contributed by atoms with E-state index in [0.717, 1.165) is 11.5 Å². The topological polar surface area (TPSA) is 49.3 Å². The molecule has 0 aromatic heterocycles. The second-order valence-corrected chi connectivity index (χ2v) is 4.87. The van der Waals surface area contributed by atoms with E-state index in [1.165, 1.54) is 18.2 Å². The van der Waals surface area contributed by atoms with Crippen LogP contribution in [0.25, 0.3) is 0 Å². The zero-order valence-electron chi connectivity index (χ0n) is 9.28. The summed E-state index contributed by atoms with van der Waals surface area (Å²) in [7, 11) is 0. The summed E-state index contributed by atoms with van der Waals surface area (Å²) in [5.74, 6) is 1.28. The molecule has 0 saturated heterocycles. The number of carbonyl (C=O) groups is 1. The fraction of sp³-hybridized carbons (Fsp3) is 0.250. The van der Waals surface area contributed by atoms with Gasteiger partial charge in [0.05, 0.1) is 5.56 Å². The van der Waals surface area contributed by atoms with Gasteiger partial charge in [0.25, 0.3) is 5.91 Å². The van der Waals surface area contributed by atoms with Crippen LogP contribution in [0.4, 0.5) is 0 Å². The third-order valence-corrected chi connectivity index (χ3v) is 3.17. The summed E-state index contributed by atoms with van der Waals surface area (Å²) in [5, 5.41) is 12.6. The van der Waals surface area contributed by atoms with E-state index in [-0.39, 0.29) is 17.2 Å². The Morgan fingerprint density at radius 1 is 1.59 bits per heavy atom. The first-order valence-corrected chi connectivity index (χ1v) is 6.63. The summed E-state index contributed by atoms with van der Waals surface area (Å²) in [6.45, 7) is 4.15. The lowest BCUT2D eigenvalue weighted by molar-refractivity contribution is 0.0953. The van der Waals surface area contributed by atoms with Crippen LogP contribution in [0, 0.1) is 0 Å². The number of thioether (sulfide) groups is 1. The number of amides is 1. The molecule has 17 heavy (non-hydrogen) atoms. The van der Waals surface area contributed by atoms with Gasteiger partial charge in [-0.3, -0.25) is 4.79 Å². The van der Waals surface area contributed by atoms with Crippen LogP contribution in [-0.2, 0) is 0 Å². The molecule has 1 amide bonds. The highest BCUT2D eigenvalue weighted by molar-refractivity contribution is 7.99.